The molecule has 0 N–H and O–H groups in total. The number of hydrogen-bond acceptors (Lipinski definition) is 0. The van der Waals surface area contributed by atoms with Gasteiger partial charge in [0.1, 0.15) is 0 Å². The molecule has 0 fully saturated rings. The van der Waals surface area contributed by atoms with Crippen LogP contribution >= 0.6 is 17.0 Å². The summed E-state index contributed by atoms with van der Waals surface area (Å²) in [7, 11) is 11.0. The fraction of sp³-hybridized carbons (Fsp3) is 0.107. The Balaban J connectivity index is 0.000000161. The quantitative estimate of drug-likeness (QED) is 0.115. The molecule has 0 saturated heterocycles. The van der Waals surface area contributed by atoms with Gasteiger partial charge in [0.05, 0.1) is 0 Å². The average molecular weight is 911 g/mol. The minimum atomic E-state index is -0.826. The molecule has 10 rings (SSSR count). The molecule has 0 amide bonds. The van der Waals surface area contributed by atoms with Crippen LogP contribution in [-0.2, 0) is 33.7 Å². The first-order valence-corrected chi connectivity index (χ1v) is 28.7. The zero-order valence-electron chi connectivity index (χ0n) is 34.6. The van der Waals surface area contributed by atoms with Gasteiger partial charge in [-0.2, -0.15) is 12.1 Å². The first-order valence-electron chi connectivity index (χ1n) is 20.4. The Hall–Kier alpha value is -4.82. The SMILES string of the molecule is C[Si]C.Cc1cc2c(-c3cccc4ccccc34)cc(Cc3ccccc3)cc2[cH-]1.Cc1cc2c(-c3cccc4ccccc34)cc(Cc3ccccc3)cc2[cH-]1.[Cl][Zr+2][Cl]. The fourth-order valence-corrected chi connectivity index (χ4v) is 8.30. The molecule has 0 unspecified atom stereocenters. The Kier molecular flexibility index (Phi) is 15.2. The fourth-order valence-electron chi connectivity index (χ4n) is 8.30. The summed E-state index contributed by atoms with van der Waals surface area (Å²) in [6.45, 7) is 8.67. The van der Waals surface area contributed by atoms with Crippen LogP contribution in [0, 0.1) is 13.8 Å². The van der Waals surface area contributed by atoms with Gasteiger partial charge in [-0.05, 0) is 56.6 Å². The second-order valence-electron chi connectivity index (χ2n) is 15.3. The van der Waals surface area contributed by atoms with Gasteiger partial charge in [0, 0.05) is 9.52 Å². The number of aryl methyl sites for hydroxylation is 2. The second kappa shape index (κ2) is 21.1. The molecule has 0 aliphatic rings. The zero-order chi connectivity index (χ0) is 41.8. The van der Waals surface area contributed by atoms with Crippen LogP contribution in [0.25, 0.3) is 65.3 Å². The number of halogens is 2. The first kappa shape index (κ1) is 43.3. The van der Waals surface area contributed by atoms with E-state index in [2.05, 4.69) is 221 Å². The topological polar surface area (TPSA) is 0 Å². The number of hydrogen-bond donors (Lipinski definition) is 0. The molecule has 10 aromatic rings. The van der Waals surface area contributed by atoms with Crippen molar-refractivity contribution in [1.29, 1.82) is 0 Å². The van der Waals surface area contributed by atoms with Crippen molar-refractivity contribution in [3.05, 3.63) is 228 Å². The molecule has 294 valence electrons. The predicted octanol–water partition coefficient (Wildman–Crippen LogP) is 16.7. The molecular formula is C56H48Cl2SiZr. The van der Waals surface area contributed by atoms with Gasteiger partial charge in [-0.25, -0.2) is 0 Å². The summed E-state index contributed by atoms with van der Waals surface area (Å²) in [5.41, 5.74) is 13.4. The Labute approximate surface area is 377 Å². The van der Waals surface area contributed by atoms with E-state index in [1.165, 1.54) is 98.7 Å². The summed E-state index contributed by atoms with van der Waals surface area (Å²) < 4.78 is 0. The van der Waals surface area contributed by atoms with Crippen LogP contribution in [0.5, 0.6) is 0 Å². The van der Waals surface area contributed by atoms with E-state index in [0.29, 0.717) is 0 Å². The summed E-state index contributed by atoms with van der Waals surface area (Å²) in [6, 6.07) is 70.7. The van der Waals surface area contributed by atoms with Crippen molar-refractivity contribution in [2.24, 2.45) is 0 Å². The maximum absolute atomic E-state index is 4.93. The van der Waals surface area contributed by atoms with Crippen LogP contribution in [0.15, 0.2) is 194 Å². The monoisotopic (exact) mass is 908 g/mol. The zero-order valence-corrected chi connectivity index (χ0v) is 39.6. The summed E-state index contributed by atoms with van der Waals surface area (Å²) in [5.74, 6) is 0. The summed E-state index contributed by atoms with van der Waals surface area (Å²) in [4.78, 5) is 0. The third kappa shape index (κ3) is 10.5. The van der Waals surface area contributed by atoms with Crippen LogP contribution in [-0.4, -0.2) is 9.52 Å². The van der Waals surface area contributed by atoms with E-state index in [-0.39, 0.29) is 0 Å². The van der Waals surface area contributed by atoms with Crippen LogP contribution in [0.4, 0.5) is 0 Å². The third-order valence-corrected chi connectivity index (χ3v) is 10.7. The van der Waals surface area contributed by atoms with Gasteiger partial charge in [-0.1, -0.05) is 207 Å². The maximum atomic E-state index is 4.93. The Bertz CT molecular complexity index is 2730. The first-order chi connectivity index (χ1) is 29.4. The van der Waals surface area contributed by atoms with Crippen molar-refractivity contribution < 1.29 is 20.8 Å². The van der Waals surface area contributed by atoms with E-state index < -0.39 is 20.8 Å². The van der Waals surface area contributed by atoms with Crippen molar-refractivity contribution in [1.82, 2.24) is 0 Å². The number of benzene rings is 8. The van der Waals surface area contributed by atoms with Gasteiger partial charge in [0.15, 0.2) is 0 Å². The van der Waals surface area contributed by atoms with Crippen molar-refractivity contribution in [3.8, 4) is 22.3 Å². The molecule has 0 atom stereocenters. The van der Waals surface area contributed by atoms with Gasteiger partial charge >= 0.3 is 37.9 Å². The van der Waals surface area contributed by atoms with Gasteiger partial charge in [-0.15, -0.1) is 56.9 Å². The van der Waals surface area contributed by atoms with E-state index in [1.54, 1.807) is 0 Å². The molecule has 0 aliphatic heterocycles. The van der Waals surface area contributed by atoms with E-state index in [1.807, 2.05) is 0 Å². The Morgan fingerprint density at radius 2 is 0.750 bits per heavy atom. The van der Waals surface area contributed by atoms with Crippen molar-refractivity contribution in [2.75, 3.05) is 0 Å². The molecule has 0 heterocycles. The molecule has 0 aliphatic carbocycles. The van der Waals surface area contributed by atoms with Crippen LogP contribution in [0.3, 0.4) is 0 Å². The third-order valence-electron chi connectivity index (χ3n) is 10.7. The molecular weight excluding hydrogens is 863 g/mol. The summed E-state index contributed by atoms with van der Waals surface area (Å²) in [5, 5.41) is 10.6. The Morgan fingerprint density at radius 1 is 0.400 bits per heavy atom. The molecule has 0 nitrogen and oxygen atoms in total. The molecule has 60 heavy (non-hydrogen) atoms. The van der Waals surface area contributed by atoms with E-state index >= 15 is 0 Å². The standard InChI is InChI=1S/2C27H21.C2H6Si.2ClH.Zr/c2*1-19-14-23-17-21(16-20-8-3-2-4-9-20)18-27(26(23)15-19)25-13-7-11-22-10-5-6-12-24(22)25;1-3-2;;;/h2*2-15,17-18H,16H2,1H3;1-2H3;2*1H;/q2*-1;;;;+4/p-2. The van der Waals surface area contributed by atoms with Crippen molar-refractivity contribution >= 4 is 69.6 Å². The van der Waals surface area contributed by atoms with Crippen LogP contribution in [0.2, 0.25) is 13.1 Å². The van der Waals surface area contributed by atoms with Gasteiger partial charge in [-0.3, -0.25) is 0 Å². The van der Waals surface area contributed by atoms with Gasteiger partial charge < -0.3 is 0 Å². The van der Waals surface area contributed by atoms with Gasteiger partial charge in [0.25, 0.3) is 0 Å². The molecule has 10 aromatic carbocycles. The molecule has 2 radical (unpaired) electrons. The van der Waals surface area contributed by atoms with Gasteiger partial charge in [0.2, 0.25) is 0 Å². The van der Waals surface area contributed by atoms with Crippen molar-refractivity contribution in [2.45, 2.75) is 39.8 Å². The van der Waals surface area contributed by atoms with E-state index in [4.69, 9.17) is 17.0 Å². The summed E-state index contributed by atoms with van der Waals surface area (Å²) >= 11 is -0.826. The Morgan fingerprint density at radius 3 is 1.15 bits per heavy atom. The van der Waals surface area contributed by atoms with Crippen LogP contribution < -0.4 is 0 Å². The average Bonchev–Trinajstić information content (AvgIpc) is 3.85. The van der Waals surface area contributed by atoms with Crippen LogP contribution in [0.1, 0.15) is 33.4 Å². The molecule has 4 heteroatoms. The molecule has 0 saturated carbocycles. The summed E-state index contributed by atoms with van der Waals surface area (Å²) in [6.07, 6.45) is 1.91. The minimum absolute atomic E-state index is 0.826. The normalized spacial score (nSPS) is 10.6. The van der Waals surface area contributed by atoms with E-state index in [9.17, 15) is 0 Å². The molecule has 0 bridgehead atoms. The second-order valence-corrected chi connectivity index (χ2v) is 20.0. The predicted molar refractivity (Wildman–Crippen MR) is 262 cm³/mol. The number of fused-ring (bicyclic) bond motifs is 4. The molecule has 0 spiro atoms. The molecule has 0 aromatic heterocycles. The number of rotatable bonds is 6. The van der Waals surface area contributed by atoms with Crippen molar-refractivity contribution in [3.63, 3.8) is 0 Å². The van der Waals surface area contributed by atoms with E-state index in [0.717, 1.165) is 22.4 Å².